The molecular formula is C26H20F3NO4. The van der Waals surface area contributed by atoms with Crippen LogP contribution in [0.2, 0.25) is 0 Å². The number of alkyl carbamates (subject to hydrolysis) is 1. The molecule has 34 heavy (non-hydrogen) atoms. The van der Waals surface area contributed by atoms with Crippen LogP contribution < -0.4 is 5.32 Å². The number of alkyl halides is 3. The van der Waals surface area contributed by atoms with Crippen LogP contribution in [-0.2, 0) is 10.9 Å². The van der Waals surface area contributed by atoms with Gasteiger partial charge in [0.05, 0.1) is 11.1 Å². The van der Waals surface area contributed by atoms with Crippen molar-refractivity contribution in [1.82, 2.24) is 5.32 Å². The Hall–Kier alpha value is -4.07. The minimum atomic E-state index is -4.60. The number of ether oxygens (including phenoxy) is 1. The molecule has 0 bridgehead atoms. The van der Waals surface area contributed by atoms with Crippen LogP contribution in [0.5, 0.6) is 0 Å². The second-order valence-corrected chi connectivity index (χ2v) is 7.71. The second kappa shape index (κ2) is 9.43. The van der Waals surface area contributed by atoms with Crippen LogP contribution >= 0.6 is 0 Å². The number of carbonyl (C=O) groups excluding carboxylic acids is 1. The Bertz CT molecular complexity index is 1220. The highest BCUT2D eigenvalue weighted by Gasteiger charge is 2.31. The maximum atomic E-state index is 12.9. The molecular weight excluding hydrogens is 447 g/mol. The van der Waals surface area contributed by atoms with E-state index in [1.807, 2.05) is 48.5 Å². The first-order valence-corrected chi connectivity index (χ1v) is 10.5. The van der Waals surface area contributed by atoms with Gasteiger partial charge in [0.1, 0.15) is 6.61 Å². The summed E-state index contributed by atoms with van der Waals surface area (Å²) in [5.74, 6) is -1.45. The van der Waals surface area contributed by atoms with Gasteiger partial charge < -0.3 is 15.2 Å². The quantitative estimate of drug-likeness (QED) is 0.469. The fraction of sp³-hybridized carbons (Fsp3) is 0.154. The van der Waals surface area contributed by atoms with E-state index < -0.39 is 23.8 Å². The lowest BCUT2D eigenvalue weighted by Crippen LogP contribution is -2.26. The lowest BCUT2D eigenvalue weighted by atomic mass is 9.98. The van der Waals surface area contributed by atoms with Gasteiger partial charge in [0, 0.05) is 12.5 Å². The number of amides is 1. The van der Waals surface area contributed by atoms with Gasteiger partial charge in [0.15, 0.2) is 0 Å². The summed E-state index contributed by atoms with van der Waals surface area (Å²) in [7, 11) is 0. The van der Waals surface area contributed by atoms with Crippen LogP contribution in [-0.4, -0.2) is 30.3 Å². The van der Waals surface area contributed by atoms with Gasteiger partial charge in [0.2, 0.25) is 0 Å². The third kappa shape index (κ3) is 4.80. The largest absolute Gasteiger partial charge is 0.478 e. The average molecular weight is 467 g/mol. The first kappa shape index (κ1) is 23.1. The summed E-state index contributed by atoms with van der Waals surface area (Å²) in [6, 6.07) is 18.2. The van der Waals surface area contributed by atoms with E-state index in [0.717, 1.165) is 40.5 Å². The smallest absolute Gasteiger partial charge is 0.416 e. The van der Waals surface area contributed by atoms with Gasteiger partial charge in [-0.2, -0.15) is 13.2 Å². The lowest BCUT2D eigenvalue weighted by molar-refractivity contribution is -0.137. The van der Waals surface area contributed by atoms with E-state index in [1.54, 1.807) is 0 Å². The molecule has 0 fully saturated rings. The van der Waals surface area contributed by atoms with Crippen molar-refractivity contribution in [1.29, 1.82) is 0 Å². The summed E-state index contributed by atoms with van der Waals surface area (Å²) < 4.78 is 44.2. The highest BCUT2D eigenvalue weighted by Crippen LogP contribution is 2.44. The second-order valence-electron chi connectivity index (χ2n) is 7.71. The number of aromatic carboxylic acids is 1. The highest BCUT2D eigenvalue weighted by molar-refractivity contribution is 5.92. The number of nitrogens with one attached hydrogen (secondary N) is 1. The Morgan fingerprint density at radius 2 is 1.59 bits per heavy atom. The molecule has 4 rings (SSSR count). The third-order valence-corrected chi connectivity index (χ3v) is 5.61. The number of hydrogen-bond donors (Lipinski definition) is 2. The monoisotopic (exact) mass is 467 g/mol. The molecule has 0 spiro atoms. The standard InChI is InChI=1S/C26H20F3NO4/c27-26(28,29)17-11-12-18(24(31)32)16(14-17)6-5-13-30-25(33)34-15-23-21-9-3-1-7-19(21)20-8-2-4-10-22(20)23/h1-12,14,23H,13,15H2,(H,30,33)(H,31,32). The first-order valence-electron chi connectivity index (χ1n) is 10.5. The SMILES string of the molecule is O=C(NCC=Cc1cc(C(F)(F)F)ccc1C(=O)O)OCC1c2ccccc2-c2ccccc21. The number of hydrogen-bond acceptors (Lipinski definition) is 3. The number of rotatable bonds is 6. The normalized spacial score (nSPS) is 12.9. The Labute approximate surface area is 193 Å². The molecule has 0 radical (unpaired) electrons. The van der Waals surface area contributed by atoms with Gasteiger partial charge >= 0.3 is 18.2 Å². The predicted octanol–water partition coefficient (Wildman–Crippen LogP) is 5.96. The number of fused-ring (bicyclic) bond motifs is 3. The first-order chi connectivity index (χ1) is 16.3. The minimum Gasteiger partial charge on any atom is -0.478 e. The van der Waals surface area contributed by atoms with Crippen LogP contribution in [0, 0.1) is 0 Å². The number of carboxylic acid groups (broad SMARTS) is 1. The van der Waals surface area contributed by atoms with Gasteiger partial charge in [0.25, 0.3) is 0 Å². The van der Waals surface area contributed by atoms with Crippen molar-refractivity contribution in [3.05, 3.63) is 101 Å². The Kier molecular flexibility index (Phi) is 6.40. The van der Waals surface area contributed by atoms with E-state index in [9.17, 15) is 27.9 Å². The Balaban J connectivity index is 1.37. The number of carbonyl (C=O) groups is 2. The van der Waals surface area contributed by atoms with E-state index in [4.69, 9.17) is 4.74 Å². The molecule has 0 atom stereocenters. The highest BCUT2D eigenvalue weighted by atomic mass is 19.4. The summed E-state index contributed by atoms with van der Waals surface area (Å²) in [6.07, 6.45) is -2.70. The van der Waals surface area contributed by atoms with Crippen LogP contribution in [0.15, 0.2) is 72.8 Å². The van der Waals surface area contributed by atoms with Crippen molar-refractivity contribution in [3.63, 3.8) is 0 Å². The van der Waals surface area contributed by atoms with Crippen LogP contribution in [0.3, 0.4) is 0 Å². The molecule has 8 heteroatoms. The third-order valence-electron chi connectivity index (χ3n) is 5.61. The maximum Gasteiger partial charge on any atom is 0.416 e. The van der Waals surface area contributed by atoms with E-state index in [-0.39, 0.29) is 30.2 Å². The van der Waals surface area contributed by atoms with Gasteiger partial charge in [-0.1, -0.05) is 60.7 Å². The Morgan fingerprint density at radius 1 is 0.971 bits per heavy atom. The molecule has 0 saturated carbocycles. The zero-order chi connectivity index (χ0) is 24.3. The molecule has 0 unspecified atom stereocenters. The molecule has 5 nitrogen and oxygen atoms in total. The molecule has 174 valence electrons. The molecule has 0 heterocycles. The number of benzene rings is 3. The van der Waals surface area contributed by atoms with E-state index >= 15 is 0 Å². The molecule has 1 aliphatic rings. The van der Waals surface area contributed by atoms with E-state index in [0.29, 0.717) is 0 Å². The topological polar surface area (TPSA) is 75.6 Å². The molecule has 1 amide bonds. The van der Waals surface area contributed by atoms with Crippen molar-refractivity contribution in [2.24, 2.45) is 0 Å². The van der Waals surface area contributed by atoms with E-state index in [1.165, 1.54) is 12.2 Å². The van der Waals surface area contributed by atoms with Crippen molar-refractivity contribution in [2.75, 3.05) is 13.2 Å². The maximum absolute atomic E-state index is 12.9. The van der Waals surface area contributed by atoms with Gasteiger partial charge in [-0.3, -0.25) is 0 Å². The summed E-state index contributed by atoms with van der Waals surface area (Å²) in [4.78, 5) is 23.5. The zero-order valence-corrected chi connectivity index (χ0v) is 17.8. The fourth-order valence-corrected chi connectivity index (χ4v) is 4.05. The van der Waals surface area contributed by atoms with Crippen molar-refractivity contribution >= 4 is 18.1 Å². The minimum absolute atomic E-state index is 0.0496. The van der Waals surface area contributed by atoms with Gasteiger partial charge in [-0.05, 0) is 46.0 Å². The summed E-state index contributed by atoms with van der Waals surface area (Å²) in [5.41, 5.74) is 3.00. The number of halogens is 3. The zero-order valence-electron chi connectivity index (χ0n) is 17.8. The van der Waals surface area contributed by atoms with Crippen molar-refractivity contribution in [2.45, 2.75) is 12.1 Å². The van der Waals surface area contributed by atoms with Crippen LogP contribution in [0.25, 0.3) is 17.2 Å². The molecule has 0 saturated heterocycles. The van der Waals surface area contributed by atoms with E-state index in [2.05, 4.69) is 5.32 Å². The lowest BCUT2D eigenvalue weighted by Gasteiger charge is -2.14. The molecule has 0 aromatic heterocycles. The summed E-state index contributed by atoms with van der Waals surface area (Å²) in [6.45, 7) is 0.0757. The molecule has 3 aromatic rings. The number of carboxylic acids is 1. The van der Waals surface area contributed by atoms with Crippen molar-refractivity contribution < 1.29 is 32.6 Å². The summed E-state index contributed by atoms with van der Waals surface area (Å²) in [5, 5.41) is 11.7. The van der Waals surface area contributed by atoms with Crippen LogP contribution in [0.1, 0.15) is 38.5 Å². The molecule has 0 aliphatic heterocycles. The van der Waals surface area contributed by atoms with Gasteiger partial charge in [-0.15, -0.1) is 0 Å². The fourth-order valence-electron chi connectivity index (χ4n) is 4.05. The van der Waals surface area contributed by atoms with Crippen molar-refractivity contribution in [3.8, 4) is 11.1 Å². The van der Waals surface area contributed by atoms with Crippen LogP contribution in [0.4, 0.5) is 18.0 Å². The molecule has 1 aliphatic carbocycles. The summed E-state index contributed by atoms with van der Waals surface area (Å²) >= 11 is 0. The molecule has 3 aromatic carbocycles. The Morgan fingerprint density at radius 3 is 2.18 bits per heavy atom. The average Bonchev–Trinajstić information content (AvgIpc) is 3.13. The predicted molar refractivity (Wildman–Crippen MR) is 121 cm³/mol. The van der Waals surface area contributed by atoms with Gasteiger partial charge in [-0.25, -0.2) is 9.59 Å². The molecule has 2 N–H and O–H groups in total.